The highest BCUT2D eigenvalue weighted by Crippen LogP contribution is 2.23. The van der Waals surface area contributed by atoms with Gasteiger partial charge in [-0.25, -0.2) is 0 Å². The van der Waals surface area contributed by atoms with Crippen molar-refractivity contribution < 1.29 is 14.3 Å². The number of nitrogens with zero attached hydrogens (tertiary/aromatic N) is 1. The summed E-state index contributed by atoms with van der Waals surface area (Å²) < 4.78 is 5.55. The molecule has 23 heavy (non-hydrogen) atoms. The second-order valence-electron chi connectivity index (χ2n) is 5.82. The number of rotatable bonds is 5. The van der Waals surface area contributed by atoms with Crippen LogP contribution in [0.4, 0.5) is 0 Å². The van der Waals surface area contributed by atoms with E-state index in [1.54, 1.807) is 11.0 Å². The lowest BCUT2D eigenvalue weighted by molar-refractivity contribution is -0.133. The molecule has 1 aromatic carbocycles. The van der Waals surface area contributed by atoms with E-state index in [4.69, 9.17) is 10.5 Å². The van der Waals surface area contributed by atoms with Gasteiger partial charge in [0.1, 0.15) is 5.75 Å². The van der Waals surface area contributed by atoms with Crippen LogP contribution in [0.5, 0.6) is 5.75 Å². The van der Waals surface area contributed by atoms with Crippen LogP contribution in [0.2, 0.25) is 0 Å². The molecule has 2 atom stereocenters. The molecule has 5 heteroatoms. The normalized spacial score (nSPS) is 21.4. The van der Waals surface area contributed by atoms with E-state index in [1.165, 1.54) is 6.08 Å². The van der Waals surface area contributed by atoms with Crippen molar-refractivity contribution in [1.82, 2.24) is 4.90 Å². The van der Waals surface area contributed by atoms with Crippen LogP contribution in [0.3, 0.4) is 0 Å². The van der Waals surface area contributed by atoms with Crippen LogP contribution in [0, 0.1) is 5.92 Å². The summed E-state index contributed by atoms with van der Waals surface area (Å²) in [4.78, 5) is 25.6. The molecule has 0 saturated carbocycles. The molecule has 1 aliphatic heterocycles. The van der Waals surface area contributed by atoms with Gasteiger partial charge in [0, 0.05) is 24.2 Å². The number of nitrogens with two attached hydrogens (primary N) is 1. The van der Waals surface area contributed by atoms with Crippen LogP contribution < -0.4 is 10.5 Å². The summed E-state index contributed by atoms with van der Waals surface area (Å²) in [5.41, 5.74) is 6.24. The Labute approximate surface area is 137 Å². The first kappa shape index (κ1) is 17.1. The Morgan fingerprint density at radius 3 is 2.78 bits per heavy atom. The Morgan fingerprint density at radius 1 is 1.35 bits per heavy atom. The maximum Gasteiger partial charge on any atom is 0.246 e. The van der Waals surface area contributed by atoms with Gasteiger partial charge in [0.25, 0.3) is 0 Å². The number of ether oxygens (including phenoxy) is 1. The van der Waals surface area contributed by atoms with Gasteiger partial charge in [-0.3, -0.25) is 9.59 Å². The molecule has 1 aromatic rings. The van der Waals surface area contributed by atoms with Crippen molar-refractivity contribution >= 4 is 17.9 Å². The summed E-state index contributed by atoms with van der Waals surface area (Å²) >= 11 is 0. The maximum absolute atomic E-state index is 12.5. The number of hydrogen-bond acceptors (Lipinski definition) is 3. The number of amides is 2. The van der Waals surface area contributed by atoms with Crippen molar-refractivity contribution in [3.8, 4) is 5.75 Å². The summed E-state index contributed by atoms with van der Waals surface area (Å²) in [7, 11) is 0. The lowest BCUT2D eigenvalue weighted by Crippen LogP contribution is -2.48. The van der Waals surface area contributed by atoms with Gasteiger partial charge >= 0.3 is 0 Å². The summed E-state index contributed by atoms with van der Waals surface area (Å²) in [6.45, 7) is 4.89. The fourth-order valence-electron chi connectivity index (χ4n) is 2.81. The highest BCUT2D eigenvalue weighted by atomic mass is 16.5. The van der Waals surface area contributed by atoms with Gasteiger partial charge in [-0.1, -0.05) is 18.2 Å². The highest BCUT2D eigenvalue weighted by molar-refractivity contribution is 5.93. The third-order valence-corrected chi connectivity index (χ3v) is 4.19. The summed E-state index contributed by atoms with van der Waals surface area (Å²) in [6.07, 6.45) is 4.84. The first-order chi connectivity index (χ1) is 11.0. The van der Waals surface area contributed by atoms with Crippen LogP contribution in [-0.4, -0.2) is 35.9 Å². The van der Waals surface area contributed by atoms with Crippen LogP contribution >= 0.6 is 0 Å². The van der Waals surface area contributed by atoms with Crippen molar-refractivity contribution in [3.05, 3.63) is 35.9 Å². The molecule has 1 fully saturated rings. The lowest BCUT2D eigenvalue weighted by Gasteiger charge is -2.36. The molecule has 2 amide bonds. The fraction of sp³-hybridized carbons (Fsp3) is 0.444. The third kappa shape index (κ3) is 4.34. The van der Waals surface area contributed by atoms with E-state index < -0.39 is 0 Å². The molecule has 124 valence electrons. The van der Waals surface area contributed by atoms with Gasteiger partial charge < -0.3 is 15.4 Å². The number of carbonyl (C=O) groups is 2. The van der Waals surface area contributed by atoms with E-state index in [1.807, 2.05) is 38.1 Å². The number of benzene rings is 1. The monoisotopic (exact) mass is 316 g/mol. The second-order valence-corrected chi connectivity index (χ2v) is 5.82. The van der Waals surface area contributed by atoms with Crippen molar-refractivity contribution in [2.24, 2.45) is 11.7 Å². The van der Waals surface area contributed by atoms with Gasteiger partial charge in [0.05, 0.1) is 12.5 Å². The van der Waals surface area contributed by atoms with Gasteiger partial charge in [-0.15, -0.1) is 0 Å². The molecule has 2 rings (SSSR count). The van der Waals surface area contributed by atoms with E-state index >= 15 is 0 Å². The van der Waals surface area contributed by atoms with Gasteiger partial charge in [-0.05, 0) is 38.8 Å². The first-order valence-electron chi connectivity index (χ1n) is 8.02. The quantitative estimate of drug-likeness (QED) is 0.847. The topological polar surface area (TPSA) is 72.6 Å². The molecule has 0 aliphatic carbocycles. The van der Waals surface area contributed by atoms with Gasteiger partial charge in [-0.2, -0.15) is 0 Å². The Balaban J connectivity index is 2.10. The van der Waals surface area contributed by atoms with Crippen LogP contribution in [0.25, 0.3) is 6.08 Å². The molecule has 0 aromatic heterocycles. The molecule has 0 unspecified atom stereocenters. The largest absolute Gasteiger partial charge is 0.493 e. The standard InChI is InChI=1S/C18H24N2O3/c1-3-23-16-7-5-4-6-14(16)10-11-17(21)20-12-15(18(19)22)9-8-13(20)2/h4-7,10-11,13,15H,3,8-9,12H2,1-2H3,(H2,19,22)/b11-10-/t13-,15-/m1/s1. The van der Waals surface area contributed by atoms with E-state index in [0.29, 0.717) is 13.2 Å². The smallest absolute Gasteiger partial charge is 0.246 e. The predicted octanol–water partition coefficient (Wildman–Crippen LogP) is 2.21. The van der Waals surface area contributed by atoms with E-state index in [-0.39, 0.29) is 23.8 Å². The van der Waals surface area contributed by atoms with E-state index in [9.17, 15) is 9.59 Å². The molecular weight excluding hydrogens is 292 g/mol. The minimum Gasteiger partial charge on any atom is -0.493 e. The summed E-state index contributed by atoms with van der Waals surface area (Å²) in [5, 5.41) is 0. The minimum absolute atomic E-state index is 0.102. The van der Waals surface area contributed by atoms with Gasteiger partial charge in [0.2, 0.25) is 11.8 Å². The summed E-state index contributed by atoms with van der Waals surface area (Å²) in [6, 6.07) is 7.69. The molecule has 1 heterocycles. The first-order valence-corrected chi connectivity index (χ1v) is 8.02. The number of likely N-dealkylation sites (tertiary alicyclic amines) is 1. The van der Waals surface area contributed by atoms with E-state index in [2.05, 4.69) is 0 Å². The highest BCUT2D eigenvalue weighted by Gasteiger charge is 2.30. The molecule has 2 N–H and O–H groups in total. The van der Waals surface area contributed by atoms with Crippen LogP contribution in [0.1, 0.15) is 32.3 Å². The second kappa shape index (κ2) is 7.81. The Morgan fingerprint density at radius 2 is 2.09 bits per heavy atom. The third-order valence-electron chi connectivity index (χ3n) is 4.19. The molecule has 0 radical (unpaired) electrons. The molecular formula is C18H24N2O3. The Hall–Kier alpha value is -2.30. The Bertz CT molecular complexity index is 598. The van der Waals surface area contributed by atoms with Crippen molar-refractivity contribution in [2.75, 3.05) is 13.2 Å². The molecule has 5 nitrogen and oxygen atoms in total. The maximum atomic E-state index is 12.5. The van der Waals surface area contributed by atoms with Crippen LogP contribution in [-0.2, 0) is 9.59 Å². The number of hydrogen-bond donors (Lipinski definition) is 1. The average Bonchev–Trinajstić information content (AvgIpc) is 2.54. The lowest BCUT2D eigenvalue weighted by atomic mass is 9.93. The van der Waals surface area contributed by atoms with Crippen molar-refractivity contribution in [1.29, 1.82) is 0 Å². The molecule has 0 spiro atoms. The van der Waals surface area contributed by atoms with Crippen molar-refractivity contribution in [3.63, 3.8) is 0 Å². The zero-order chi connectivity index (χ0) is 16.8. The molecule has 0 bridgehead atoms. The molecule has 1 saturated heterocycles. The Kier molecular flexibility index (Phi) is 5.79. The van der Waals surface area contributed by atoms with Gasteiger partial charge in [0.15, 0.2) is 0 Å². The summed E-state index contributed by atoms with van der Waals surface area (Å²) in [5.74, 6) is 0.0649. The number of piperidine rings is 1. The average molecular weight is 316 g/mol. The van der Waals surface area contributed by atoms with Crippen molar-refractivity contribution in [2.45, 2.75) is 32.7 Å². The number of primary amides is 1. The molecule has 1 aliphatic rings. The zero-order valence-corrected chi connectivity index (χ0v) is 13.7. The number of para-hydroxylation sites is 1. The van der Waals surface area contributed by atoms with E-state index in [0.717, 1.165) is 24.2 Å². The fourth-order valence-corrected chi connectivity index (χ4v) is 2.81. The predicted molar refractivity (Wildman–Crippen MR) is 89.7 cm³/mol. The number of carbonyl (C=O) groups excluding carboxylic acids is 2. The minimum atomic E-state index is -0.333. The van der Waals surface area contributed by atoms with Crippen LogP contribution in [0.15, 0.2) is 30.3 Å². The SMILES string of the molecule is CCOc1ccccc1/C=C\C(=O)N1C[C@H](C(N)=O)CC[C@H]1C. The zero-order valence-electron chi connectivity index (χ0n) is 13.7.